The summed E-state index contributed by atoms with van der Waals surface area (Å²) in [5, 5.41) is 21.3. The monoisotopic (exact) mass is 291 g/mol. The number of carboxylic acids is 1. The van der Waals surface area contributed by atoms with Crippen LogP contribution < -0.4 is 5.32 Å². The first kappa shape index (κ1) is 15.5. The maximum atomic E-state index is 12.2. The smallest absolute Gasteiger partial charge is 0.307 e. The molecule has 3 atom stereocenters. The number of hydrogen-bond acceptors (Lipinski definition) is 3. The fourth-order valence-corrected chi connectivity index (χ4v) is 2.94. The van der Waals surface area contributed by atoms with Gasteiger partial charge in [0, 0.05) is 0 Å². The minimum atomic E-state index is -0.941. The Morgan fingerprint density at radius 3 is 2.33 bits per heavy atom. The number of aliphatic hydroxyl groups is 1. The summed E-state index contributed by atoms with van der Waals surface area (Å²) in [6.07, 6.45) is 0.522. The number of carboxylic acid groups (broad SMARTS) is 1. The van der Waals surface area contributed by atoms with Gasteiger partial charge in [0.15, 0.2) is 0 Å². The van der Waals surface area contributed by atoms with Gasteiger partial charge in [0.25, 0.3) is 0 Å². The molecule has 1 saturated carbocycles. The summed E-state index contributed by atoms with van der Waals surface area (Å²) >= 11 is 0. The molecular formula is C16H21NO4. The third-order valence-electron chi connectivity index (χ3n) is 4.27. The van der Waals surface area contributed by atoms with E-state index in [1.54, 1.807) is 13.8 Å². The summed E-state index contributed by atoms with van der Waals surface area (Å²) in [5.41, 5.74) is 0.490. The van der Waals surface area contributed by atoms with Crippen molar-refractivity contribution in [1.29, 1.82) is 0 Å². The van der Waals surface area contributed by atoms with Crippen LogP contribution in [0.3, 0.4) is 0 Å². The molecule has 5 nitrogen and oxygen atoms in total. The van der Waals surface area contributed by atoms with Gasteiger partial charge in [-0.05, 0) is 17.4 Å². The predicted octanol–water partition coefficient (Wildman–Crippen LogP) is 1.06. The Morgan fingerprint density at radius 2 is 1.86 bits per heavy atom. The highest BCUT2D eigenvalue weighted by molar-refractivity contribution is 5.91. The van der Waals surface area contributed by atoms with Gasteiger partial charge >= 0.3 is 5.97 Å². The first-order valence-electron chi connectivity index (χ1n) is 7.06. The Labute approximate surface area is 124 Å². The van der Waals surface area contributed by atoms with Crippen LogP contribution in [0, 0.1) is 17.3 Å². The highest BCUT2D eigenvalue weighted by Gasteiger charge is 2.65. The second kappa shape index (κ2) is 5.85. The molecule has 0 saturated heterocycles. The quantitative estimate of drug-likeness (QED) is 0.731. The first-order chi connectivity index (χ1) is 9.87. The largest absolute Gasteiger partial charge is 0.481 e. The molecule has 0 aliphatic heterocycles. The van der Waals surface area contributed by atoms with Crippen molar-refractivity contribution in [2.24, 2.45) is 17.3 Å². The van der Waals surface area contributed by atoms with Gasteiger partial charge in [0.1, 0.15) is 0 Å². The molecule has 0 radical (unpaired) electrons. The summed E-state index contributed by atoms with van der Waals surface area (Å²) in [7, 11) is 0. The van der Waals surface area contributed by atoms with Crippen molar-refractivity contribution in [2.75, 3.05) is 6.61 Å². The number of carbonyl (C=O) groups is 2. The van der Waals surface area contributed by atoms with Crippen molar-refractivity contribution in [3.63, 3.8) is 0 Å². The minimum Gasteiger partial charge on any atom is -0.481 e. The van der Waals surface area contributed by atoms with Crippen LogP contribution in [0.5, 0.6) is 0 Å². The lowest BCUT2D eigenvalue weighted by Gasteiger charge is -2.17. The zero-order valence-corrected chi connectivity index (χ0v) is 12.2. The Kier molecular flexibility index (Phi) is 4.32. The van der Waals surface area contributed by atoms with E-state index in [1.165, 1.54) is 0 Å². The number of nitrogens with one attached hydrogen (secondary N) is 1. The molecule has 3 N–H and O–H groups in total. The van der Waals surface area contributed by atoms with Gasteiger partial charge in [-0.2, -0.15) is 0 Å². The Hall–Kier alpha value is -1.88. The number of aliphatic hydroxyl groups excluding tert-OH is 1. The van der Waals surface area contributed by atoms with E-state index in [4.69, 9.17) is 5.11 Å². The molecule has 1 aromatic rings. The second-order valence-electron chi connectivity index (χ2n) is 6.19. The molecule has 0 bridgehead atoms. The topological polar surface area (TPSA) is 86.6 Å². The van der Waals surface area contributed by atoms with Crippen LogP contribution in [0.25, 0.3) is 0 Å². The summed E-state index contributed by atoms with van der Waals surface area (Å²) in [6.45, 7) is 3.38. The third kappa shape index (κ3) is 3.24. The van der Waals surface area contributed by atoms with Crippen LogP contribution in [-0.2, 0) is 16.0 Å². The van der Waals surface area contributed by atoms with E-state index in [0.717, 1.165) is 5.56 Å². The van der Waals surface area contributed by atoms with Crippen LogP contribution in [0.1, 0.15) is 19.4 Å². The molecule has 0 aromatic heterocycles. The molecule has 1 amide bonds. The molecule has 21 heavy (non-hydrogen) atoms. The number of rotatable bonds is 6. The molecule has 0 unspecified atom stereocenters. The lowest BCUT2D eigenvalue weighted by Crippen LogP contribution is -2.40. The molecule has 0 spiro atoms. The lowest BCUT2D eigenvalue weighted by atomic mass is 10.1. The van der Waals surface area contributed by atoms with E-state index in [1.807, 2.05) is 30.3 Å². The number of hydrogen-bond donors (Lipinski definition) is 3. The van der Waals surface area contributed by atoms with Gasteiger partial charge < -0.3 is 15.5 Å². The maximum Gasteiger partial charge on any atom is 0.307 e. The van der Waals surface area contributed by atoms with Crippen LogP contribution in [-0.4, -0.2) is 34.7 Å². The highest BCUT2D eigenvalue weighted by atomic mass is 16.4. The average Bonchev–Trinajstić information content (AvgIpc) is 3.02. The molecular weight excluding hydrogens is 270 g/mol. The van der Waals surface area contributed by atoms with Crippen LogP contribution in [0.4, 0.5) is 0 Å². The molecule has 2 rings (SSSR count). The van der Waals surface area contributed by atoms with Gasteiger partial charge in [-0.25, -0.2) is 0 Å². The molecule has 1 fully saturated rings. The third-order valence-corrected chi connectivity index (χ3v) is 4.27. The Morgan fingerprint density at radius 1 is 1.24 bits per heavy atom. The molecule has 5 heteroatoms. The molecule has 1 aromatic carbocycles. The van der Waals surface area contributed by atoms with Crippen molar-refractivity contribution >= 4 is 11.9 Å². The van der Waals surface area contributed by atoms with Crippen molar-refractivity contribution in [3.05, 3.63) is 35.9 Å². The molecule has 1 aliphatic carbocycles. The number of carbonyl (C=O) groups excluding carboxylic acids is 1. The zero-order valence-electron chi connectivity index (χ0n) is 12.2. The van der Waals surface area contributed by atoms with Gasteiger partial charge in [-0.1, -0.05) is 44.2 Å². The van der Waals surface area contributed by atoms with E-state index in [9.17, 15) is 14.7 Å². The molecule has 114 valence electrons. The van der Waals surface area contributed by atoms with Gasteiger partial charge in [-0.3, -0.25) is 9.59 Å². The SMILES string of the molecule is CC1(C)[C@H](C(=O)O)[C@@H]1C(=O)N[C@H](CO)Cc1ccccc1. The van der Waals surface area contributed by atoms with Crippen molar-refractivity contribution in [2.45, 2.75) is 26.3 Å². The first-order valence-corrected chi connectivity index (χ1v) is 7.06. The van der Waals surface area contributed by atoms with E-state index < -0.39 is 29.3 Å². The van der Waals surface area contributed by atoms with Crippen LogP contribution >= 0.6 is 0 Å². The standard InChI is InChI=1S/C16H21NO4/c1-16(2)12(13(16)15(20)21)14(19)17-11(9-18)8-10-6-4-3-5-7-10/h3-7,11-13,18H,8-9H2,1-2H3,(H,17,19)(H,20,21)/t11-,12+,13-/m0/s1. The van der Waals surface area contributed by atoms with Gasteiger partial charge in [0.2, 0.25) is 5.91 Å². The van der Waals surface area contributed by atoms with E-state index in [0.29, 0.717) is 6.42 Å². The lowest BCUT2D eigenvalue weighted by molar-refractivity contribution is -0.140. The van der Waals surface area contributed by atoms with Crippen LogP contribution in [0.2, 0.25) is 0 Å². The second-order valence-corrected chi connectivity index (χ2v) is 6.19. The predicted molar refractivity (Wildman–Crippen MR) is 77.6 cm³/mol. The average molecular weight is 291 g/mol. The maximum absolute atomic E-state index is 12.2. The summed E-state index contributed by atoms with van der Waals surface area (Å²) in [4.78, 5) is 23.3. The van der Waals surface area contributed by atoms with E-state index >= 15 is 0 Å². The normalized spacial score (nSPS) is 24.1. The minimum absolute atomic E-state index is 0.175. The highest BCUT2D eigenvalue weighted by Crippen LogP contribution is 2.58. The van der Waals surface area contributed by atoms with Gasteiger partial charge in [0.05, 0.1) is 24.5 Å². The number of aliphatic carboxylic acids is 1. The molecule has 0 heterocycles. The molecule has 1 aliphatic rings. The summed E-state index contributed by atoms with van der Waals surface area (Å²) in [6, 6.07) is 9.16. The number of amides is 1. The van der Waals surface area contributed by atoms with E-state index in [2.05, 4.69) is 5.32 Å². The van der Waals surface area contributed by atoms with Crippen molar-refractivity contribution < 1.29 is 19.8 Å². The Bertz CT molecular complexity index is 526. The fraction of sp³-hybridized carbons (Fsp3) is 0.500. The van der Waals surface area contributed by atoms with Crippen LogP contribution in [0.15, 0.2) is 30.3 Å². The van der Waals surface area contributed by atoms with Crippen molar-refractivity contribution in [1.82, 2.24) is 5.32 Å². The Balaban J connectivity index is 1.97. The summed E-state index contributed by atoms with van der Waals surface area (Å²) < 4.78 is 0. The van der Waals surface area contributed by atoms with Crippen molar-refractivity contribution in [3.8, 4) is 0 Å². The van der Waals surface area contributed by atoms with Gasteiger partial charge in [-0.15, -0.1) is 0 Å². The fourth-order valence-electron chi connectivity index (χ4n) is 2.94. The zero-order chi connectivity index (χ0) is 15.6. The summed E-state index contributed by atoms with van der Waals surface area (Å²) in [5.74, 6) is -2.40. The van der Waals surface area contributed by atoms with E-state index in [-0.39, 0.29) is 12.5 Å². The number of benzene rings is 1.